The minimum Gasteiger partial charge on any atom is -0.368 e. The van der Waals surface area contributed by atoms with E-state index in [1.54, 1.807) is 0 Å². The lowest BCUT2D eigenvalue weighted by Crippen LogP contribution is -2.42. The number of fused-ring (bicyclic) bond motifs is 1. The molecule has 2 heterocycles. The van der Waals surface area contributed by atoms with Crippen LogP contribution in [0, 0.1) is 0 Å². The molecule has 5 heteroatoms. The molecule has 0 saturated carbocycles. The highest BCUT2D eigenvalue weighted by Crippen LogP contribution is 2.37. The number of aryl methyl sites for hydroxylation is 1. The second kappa shape index (κ2) is 6.10. The summed E-state index contributed by atoms with van der Waals surface area (Å²) in [6, 6.07) is 0.577. The molecule has 3 rings (SSSR count). The van der Waals surface area contributed by atoms with Crippen molar-refractivity contribution in [3.05, 3.63) is 15.6 Å². The summed E-state index contributed by atoms with van der Waals surface area (Å²) in [7, 11) is 0. The maximum absolute atomic E-state index is 5.97. The maximum atomic E-state index is 5.97. The average molecular weight is 295 g/mol. The van der Waals surface area contributed by atoms with E-state index in [2.05, 4.69) is 18.7 Å². The van der Waals surface area contributed by atoms with Crippen LogP contribution in [-0.2, 0) is 11.2 Å². The molecule has 20 heavy (non-hydrogen) atoms. The summed E-state index contributed by atoms with van der Waals surface area (Å²) in [6.45, 7) is 8.04. The van der Waals surface area contributed by atoms with Crippen molar-refractivity contribution in [2.45, 2.75) is 51.2 Å². The lowest BCUT2D eigenvalue weighted by molar-refractivity contribution is -0.0403. The fourth-order valence-electron chi connectivity index (χ4n) is 3.18. The first-order valence-corrected chi connectivity index (χ1v) is 8.56. The van der Waals surface area contributed by atoms with Gasteiger partial charge in [0.2, 0.25) is 0 Å². The zero-order valence-corrected chi connectivity index (χ0v) is 13.3. The van der Waals surface area contributed by atoms with Crippen LogP contribution >= 0.6 is 11.3 Å². The summed E-state index contributed by atoms with van der Waals surface area (Å²) >= 11 is 1.86. The SMILES string of the molecule is CC(C)N1CCOC(c2nc3c(s2)CCCC3CN)C1. The monoisotopic (exact) mass is 295 g/mol. The van der Waals surface area contributed by atoms with Crippen LogP contribution in [0.25, 0.3) is 0 Å². The Hall–Kier alpha value is -0.490. The molecule has 2 N–H and O–H groups in total. The Balaban J connectivity index is 1.79. The molecule has 1 aliphatic carbocycles. The smallest absolute Gasteiger partial charge is 0.123 e. The van der Waals surface area contributed by atoms with Crippen LogP contribution < -0.4 is 5.73 Å². The Kier molecular flexibility index (Phi) is 4.40. The van der Waals surface area contributed by atoms with Crippen molar-refractivity contribution in [3.8, 4) is 0 Å². The fraction of sp³-hybridized carbons (Fsp3) is 0.800. The van der Waals surface area contributed by atoms with Crippen LogP contribution in [0.3, 0.4) is 0 Å². The van der Waals surface area contributed by atoms with Gasteiger partial charge < -0.3 is 10.5 Å². The van der Waals surface area contributed by atoms with Gasteiger partial charge in [0.05, 0.1) is 12.3 Å². The molecule has 2 atom stereocenters. The Morgan fingerprint density at radius 3 is 3.10 bits per heavy atom. The number of aromatic nitrogens is 1. The molecule has 1 aromatic heterocycles. The van der Waals surface area contributed by atoms with Crippen LogP contribution in [0.1, 0.15) is 54.3 Å². The van der Waals surface area contributed by atoms with Crippen LogP contribution in [0.15, 0.2) is 0 Å². The highest BCUT2D eigenvalue weighted by molar-refractivity contribution is 7.11. The average Bonchev–Trinajstić information content (AvgIpc) is 2.91. The van der Waals surface area contributed by atoms with Crippen molar-refractivity contribution in [2.24, 2.45) is 5.73 Å². The summed E-state index contributed by atoms with van der Waals surface area (Å²) in [4.78, 5) is 8.84. The van der Waals surface area contributed by atoms with Crippen LogP contribution in [0.4, 0.5) is 0 Å². The van der Waals surface area contributed by atoms with Gasteiger partial charge in [-0.3, -0.25) is 4.90 Å². The molecule has 0 amide bonds. The predicted molar refractivity (Wildman–Crippen MR) is 82.2 cm³/mol. The fourth-order valence-corrected chi connectivity index (χ4v) is 4.41. The molecular weight excluding hydrogens is 270 g/mol. The van der Waals surface area contributed by atoms with E-state index < -0.39 is 0 Å². The number of rotatable bonds is 3. The van der Waals surface area contributed by atoms with Gasteiger partial charge in [0.25, 0.3) is 0 Å². The number of nitrogens with two attached hydrogens (primary N) is 1. The maximum Gasteiger partial charge on any atom is 0.123 e. The number of morpholine rings is 1. The van der Waals surface area contributed by atoms with E-state index in [-0.39, 0.29) is 6.10 Å². The zero-order valence-electron chi connectivity index (χ0n) is 12.5. The molecule has 0 radical (unpaired) electrons. The largest absolute Gasteiger partial charge is 0.368 e. The lowest BCUT2D eigenvalue weighted by Gasteiger charge is -2.34. The van der Waals surface area contributed by atoms with Crippen molar-refractivity contribution in [3.63, 3.8) is 0 Å². The van der Waals surface area contributed by atoms with E-state index in [1.165, 1.54) is 34.8 Å². The first-order valence-electron chi connectivity index (χ1n) is 7.74. The van der Waals surface area contributed by atoms with Crippen molar-refractivity contribution < 1.29 is 4.74 Å². The van der Waals surface area contributed by atoms with Gasteiger partial charge in [-0.25, -0.2) is 4.98 Å². The van der Waals surface area contributed by atoms with Gasteiger partial charge in [-0.15, -0.1) is 11.3 Å². The van der Waals surface area contributed by atoms with E-state index in [1.807, 2.05) is 11.3 Å². The van der Waals surface area contributed by atoms with Gasteiger partial charge in [-0.2, -0.15) is 0 Å². The molecule has 2 aliphatic rings. The highest BCUT2D eigenvalue weighted by Gasteiger charge is 2.30. The second-order valence-electron chi connectivity index (χ2n) is 6.13. The van der Waals surface area contributed by atoms with Crippen LogP contribution in [0.2, 0.25) is 0 Å². The Bertz CT molecular complexity index is 460. The van der Waals surface area contributed by atoms with Gasteiger partial charge in [0.15, 0.2) is 0 Å². The van der Waals surface area contributed by atoms with E-state index in [0.717, 1.165) is 26.2 Å². The van der Waals surface area contributed by atoms with Gasteiger partial charge >= 0.3 is 0 Å². The van der Waals surface area contributed by atoms with Crippen molar-refractivity contribution in [1.82, 2.24) is 9.88 Å². The standard InChI is InChI=1S/C15H25N3OS/c1-10(2)18-6-7-19-12(9-18)15-17-14-11(8-16)4-3-5-13(14)20-15/h10-12H,3-9,16H2,1-2H3. The molecular formula is C15H25N3OS. The van der Waals surface area contributed by atoms with Crippen molar-refractivity contribution >= 4 is 11.3 Å². The molecule has 4 nitrogen and oxygen atoms in total. The number of hydrogen-bond acceptors (Lipinski definition) is 5. The number of nitrogens with zero attached hydrogens (tertiary/aromatic N) is 2. The van der Waals surface area contributed by atoms with Crippen LogP contribution in [-0.4, -0.2) is 42.2 Å². The number of hydrogen-bond donors (Lipinski definition) is 1. The van der Waals surface area contributed by atoms with Gasteiger partial charge in [0, 0.05) is 36.5 Å². The van der Waals surface area contributed by atoms with Gasteiger partial charge in [-0.1, -0.05) is 0 Å². The predicted octanol–water partition coefficient (Wildman–Crippen LogP) is 2.30. The first-order chi connectivity index (χ1) is 9.69. The van der Waals surface area contributed by atoms with E-state index in [4.69, 9.17) is 15.5 Å². The minimum atomic E-state index is 0.153. The molecule has 0 bridgehead atoms. The van der Waals surface area contributed by atoms with Gasteiger partial charge in [0.1, 0.15) is 11.1 Å². The molecule has 1 aromatic rings. The summed E-state index contributed by atoms with van der Waals surface area (Å²) in [5.74, 6) is 0.466. The van der Waals surface area contributed by atoms with Crippen molar-refractivity contribution in [1.29, 1.82) is 0 Å². The Morgan fingerprint density at radius 1 is 1.50 bits per heavy atom. The molecule has 2 unspecified atom stereocenters. The van der Waals surface area contributed by atoms with E-state index >= 15 is 0 Å². The highest BCUT2D eigenvalue weighted by atomic mass is 32.1. The minimum absolute atomic E-state index is 0.153. The molecule has 0 aromatic carbocycles. The topological polar surface area (TPSA) is 51.4 Å². The normalized spacial score (nSPS) is 27.8. The molecule has 0 spiro atoms. The zero-order chi connectivity index (χ0) is 14.1. The van der Waals surface area contributed by atoms with Gasteiger partial charge in [-0.05, 0) is 33.1 Å². The second-order valence-corrected chi connectivity index (χ2v) is 7.25. The molecule has 1 aliphatic heterocycles. The lowest BCUT2D eigenvalue weighted by atomic mass is 9.91. The Labute approximate surface area is 125 Å². The third kappa shape index (κ3) is 2.77. The van der Waals surface area contributed by atoms with E-state index in [0.29, 0.717) is 12.0 Å². The van der Waals surface area contributed by atoms with E-state index in [9.17, 15) is 0 Å². The van der Waals surface area contributed by atoms with Crippen molar-refractivity contribution in [2.75, 3.05) is 26.2 Å². The summed E-state index contributed by atoms with van der Waals surface area (Å²) in [5.41, 5.74) is 7.16. The molecule has 112 valence electrons. The Morgan fingerprint density at radius 2 is 2.35 bits per heavy atom. The third-order valence-electron chi connectivity index (χ3n) is 4.48. The summed E-state index contributed by atoms with van der Waals surface area (Å²) in [5, 5.41) is 1.17. The summed E-state index contributed by atoms with van der Waals surface area (Å²) < 4.78 is 5.97. The molecule has 1 fully saturated rings. The quantitative estimate of drug-likeness (QED) is 0.929. The third-order valence-corrected chi connectivity index (χ3v) is 5.70. The molecule has 1 saturated heterocycles. The summed E-state index contributed by atoms with van der Waals surface area (Å²) in [6.07, 6.45) is 3.76. The first kappa shape index (κ1) is 14.4. The number of ether oxygens (including phenoxy) is 1. The van der Waals surface area contributed by atoms with Crippen LogP contribution in [0.5, 0.6) is 0 Å². The number of thiazole rings is 1.